The SMILES string of the molecule is CN(Cc1ccc(F)cc1)c1ncc(CO)cn1. The minimum Gasteiger partial charge on any atom is -0.392 e. The van der Waals surface area contributed by atoms with Crippen LogP contribution in [-0.4, -0.2) is 22.1 Å². The average molecular weight is 247 g/mol. The van der Waals surface area contributed by atoms with Crippen molar-refractivity contribution in [1.82, 2.24) is 9.97 Å². The maximum absolute atomic E-state index is 12.8. The molecule has 0 spiro atoms. The van der Waals surface area contributed by atoms with Gasteiger partial charge >= 0.3 is 0 Å². The number of halogens is 1. The number of aliphatic hydroxyl groups excluding tert-OH is 1. The molecule has 1 aromatic heterocycles. The first kappa shape index (κ1) is 12.4. The molecule has 0 aliphatic heterocycles. The number of rotatable bonds is 4. The quantitative estimate of drug-likeness (QED) is 0.894. The van der Waals surface area contributed by atoms with E-state index in [0.717, 1.165) is 5.56 Å². The Morgan fingerprint density at radius 2 is 1.72 bits per heavy atom. The molecule has 94 valence electrons. The molecule has 2 aromatic rings. The van der Waals surface area contributed by atoms with E-state index in [4.69, 9.17) is 5.11 Å². The fraction of sp³-hybridized carbons (Fsp3) is 0.231. The van der Waals surface area contributed by atoms with E-state index in [-0.39, 0.29) is 12.4 Å². The molecule has 0 aliphatic carbocycles. The molecule has 1 heterocycles. The van der Waals surface area contributed by atoms with E-state index in [1.54, 1.807) is 24.5 Å². The lowest BCUT2D eigenvalue weighted by Gasteiger charge is -2.16. The number of hydrogen-bond donors (Lipinski definition) is 1. The molecule has 0 aliphatic rings. The van der Waals surface area contributed by atoms with Crippen LogP contribution >= 0.6 is 0 Å². The van der Waals surface area contributed by atoms with Gasteiger partial charge in [0, 0.05) is 31.5 Å². The third kappa shape index (κ3) is 3.01. The van der Waals surface area contributed by atoms with Crippen LogP contribution in [0.5, 0.6) is 0 Å². The maximum Gasteiger partial charge on any atom is 0.225 e. The molecule has 1 aromatic carbocycles. The number of aromatic nitrogens is 2. The zero-order chi connectivity index (χ0) is 13.0. The van der Waals surface area contributed by atoms with E-state index < -0.39 is 0 Å². The van der Waals surface area contributed by atoms with Gasteiger partial charge in [0.2, 0.25) is 5.95 Å². The molecule has 5 heteroatoms. The van der Waals surface area contributed by atoms with Gasteiger partial charge in [-0.3, -0.25) is 0 Å². The first-order valence-electron chi connectivity index (χ1n) is 5.56. The van der Waals surface area contributed by atoms with Crippen LogP contribution in [0.25, 0.3) is 0 Å². The van der Waals surface area contributed by atoms with Crippen LogP contribution in [0, 0.1) is 5.82 Å². The average Bonchev–Trinajstić information content (AvgIpc) is 2.41. The van der Waals surface area contributed by atoms with Gasteiger partial charge in [0.05, 0.1) is 6.61 Å². The summed E-state index contributed by atoms with van der Waals surface area (Å²) in [7, 11) is 1.86. The van der Waals surface area contributed by atoms with Crippen LogP contribution in [0.3, 0.4) is 0 Å². The van der Waals surface area contributed by atoms with Gasteiger partial charge in [0.15, 0.2) is 0 Å². The first-order chi connectivity index (χ1) is 8.69. The largest absolute Gasteiger partial charge is 0.392 e. The third-order valence-corrected chi connectivity index (χ3v) is 2.55. The van der Waals surface area contributed by atoms with Crippen molar-refractivity contribution in [2.24, 2.45) is 0 Å². The summed E-state index contributed by atoms with van der Waals surface area (Å²) < 4.78 is 12.8. The standard InChI is InChI=1S/C13H14FN3O/c1-17(8-10-2-4-12(14)5-3-10)13-15-6-11(9-18)7-16-13/h2-7,18H,8-9H2,1H3. The van der Waals surface area contributed by atoms with Crippen LogP contribution in [0.1, 0.15) is 11.1 Å². The van der Waals surface area contributed by atoms with Crippen LogP contribution in [0.4, 0.5) is 10.3 Å². The van der Waals surface area contributed by atoms with Crippen molar-refractivity contribution in [2.75, 3.05) is 11.9 Å². The second kappa shape index (κ2) is 5.55. The summed E-state index contributed by atoms with van der Waals surface area (Å²) in [5.74, 6) is 0.321. The molecule has 18 heavy (non-hydrogen) atoms. The van der Waals surface area contributed by atoms with Gasteiger partial charge in [-0.05, 0) is 17.7 Å². The van der Waals surface area contributed by atoms with E-state index in [0.29, 0.717) is 18.1 Å². The second-order valence-corrected chi connectivity index (χ2v) is 4.03. The highest BCUT2D eigenvalue weighted by Gasteiger charge is 2.05. The molecule has 0 radical (unpaired) electrons. The molecule has 0 atom stereocenters. The van der Waals surface area contributed by atoms with Crippen LogP contribution < -0.4 is 4.90 Å². The number of aliphatic hydroxyl groups is 1. The van der Waals surface area contributed by atoms with E-state index >= 15 is 0 Å². The van der Waals surface area contributed by atoms with Crippen molar-refractivity contribution in [3.05, 3.63) is 53.6 Å². The number of anilines is 1. The summed E-state index contributed by atoms with van der Waals surface area (Å²) in [4.78, 5) is 10.1. The van der Waals surface area contributed by atoms with Crippen molar-refractivity contribution < 1.29 is 9.50 Å². The Morgan fingerprint density at radius 3 is 2.28 bits per heavy atom. The normalized spacial score (nSPS) is 10.4. The third-order valence-electron chi connectivity index (χ3n) is 2.55. The van der Waals surface area contributed by atoms with Gasteiger partial charge in [-0.15, -0.1) is 0 Å². The minimum atomic E-state index is -0.245. The highest BCUT2D eigenvalue weighted by molar-refractivity contribution is 5.31. The van der Waals surface area contributed by atoms with Crippen molar-refractivity contribution in [1.29, 1.82) is 0 Å². The summed E-state index contributed by atoms with van der Waals surface area (Å²) in [6.45, 7) is 0.528. The molecular weight excluding hydrogens is 233 g/mol. The molecule has 0 saturated heterocycles. The summed E-state index contributed by atoms with van der Waals surface area (Å²) in [6, 6.07) is 6.32. The van der Waals surface area contributed by atoms with Gasteiger partial charge in [-0.1, -0.05) is 12.1 Å². The van der Waals surface area contributed by atoms with Gasteiger partial charge in [-0.2, -0.15) is 0 Å². The maximum atomic E-state index is 12.8. The summed E-state index contributed by atoms with van der Waals surface area (Å²) in [5, 5.41) is 8.90. The molecule has 0 amide bonds. The Hall–Kier alpha value is -2.01. The smallest absolute Gasteiger partial charge is 0.225 e. The summed E-state index contributed by atoms with van der Waals surface area (Å²) in [5.41, 5.74) is 1.66. The Labute approximate surface area is 105 Å². The number of nitrogens with zero attached hydrogens (tertiary/aromatic N) is 3. The lowest BCUT2D eigenvalue weighted by molar-refractivity contribution is 0.281. The van der Waals surface area contributed by atoms with Crippen molar-refractivity contribution in [3.63, 3.8) is 0 Å². The topological polar surface area (TPSA) is 49.2 Å². The summed E-state index contributed by atoms with van der Waals surface area (Å²) >= 11 is 0. The number of benzene rings is 1. The zero-order valence-corrected chi connectivity index (χ0v) is 10.0. The molecule has 0 bridgehead atoms. The fourth-order valence-electron chi connectivity index (χ4n) is 1.56. The fourth-order valence-corrected chi connectivity index (χ4v) is 1.56. The highest BCUT2D eigenvalue weighted by Crippen LogP contribution is 2.10. The molecule has 1 N–H and O–H groups in total. The van der Waals surface area contributed by atoms with Crippen molar-refractivity contribution in [2.45, 2.75) is 13.2 Å². The lowest BCUT2D eigenvalue weighted by atomic mass is 10.2. The Balaban J connectivity index is 2.06. The van der Waals surface area contributed by atoms with Crippen molar-refractivity contribution in [3.8, 4) is 0 Å². The van der Waals surface area contributed by atoms with E-state index in [1.807, 2.05) is 11.9 Å². The number of hydrogen-bond acceptors (Lipinski definition) is 4. The lowest BCUT2D eigenvalue weighted by Crippen LogP contribution is -2.19. The molecule has 0 saturated carbocycles. The van der Waals surface area contributed by atoms with E-state index in [1.165, 1.54) is 12.1 Å². The zero-order valence-electron chi connectivity index (χ0n) is 10.0. The molecule has 0 fully saturated rings. The van der Waals surface area contributed by atoms with E-state index in [2.05, 4.69) is 9.97 Å². The Kier molecular flexibility index (Phi) is 3.84. The minimum absolute atomic E-state index is 0.0675. The van der Waals surface area contributed by atoms with Gasteiger partial charge in [-0.25, -0.2) is 14.4 Å². The predicted octanol–water partition coefficient (Wildman–Crippen LogP) is 1.74. The van der Waals surface area contributed by atoms with Gasteiger partial charge in [0.1, 0.15) is 5.82 Å². The second-order valence-electron chi connectivity index (χ2n) is 4.03. The Morgan fingerprint density at radius 1 is 1.11 bits per heavy atom. The van der Waals surface area contributed by atoms with Crippen molar-refractivity contribution >= 4 is 5.95 Å². The molecule has 4 nitrogen and oxygen atoms in total. The van der Waals surface area contributed by atoms with Crippen LogP contribution in [0.15, 0.2) is 36.7 Å². The molecule has 2 rings (SSSR count). The van der Waals surface area contributed by atoms with Crippen LogP contribution in [0.2, 0.25) is 0 Å². The first-order valence-corrected chi connectivity index (χ1v) is 5.56. The van der Waals surface area contributed by atoms with Gasteiger partial charge < -0.3 is 10.0 Å². The van der Waals surface area contributed by atoms with E-state index in [9.17, 15) is 4.39 Å². The Bertz CT molecular complexity index is 499. The highest BCUT2D eigenvalue weighted by atomic mass is 19.1. The van der Waals surface area contributed by atoms with Gasteiger partial charge in [0.25, 0.3) is 0 Å². The summed E-state index contributed by atoms with van der Waals surface area (Å²) in [6.07, 6.45) is 3.17. The molecule has 0 unspecified atom stereocenters. The van der Waals surface area contributed by atoms with Crippen LogP contribution in [-0.2, 0) is 13.2 Å². The molecular formula is C13H14FN3O. The monoisotopic (exact) mass is 247 g/mol. The predicted molar refractivity (Wildman–Crippen MR) is 66.5 cm³/mol.